The maximum Gasteiger partial charge on any atom is 0.107 e. The molecular formula is C3H4NPS. The molecule has 0 rings (SSSR count). The average Bonchev–Trinajstić information content (AvgIpc) is 1.65. The number of thiocarbonyl (C=S) groups is 1. The molecule has 0 amide bonds. The fourth-order valence-electron chi connectivity index (χ4n) is 0.0456. The molecule has 0 saturated carbocycles. The average molecular weight is 117 g/mol. The van der Waals surface area contributed by atoms with Crippen LogP contribution in [0.15, 0.2) is 0 Å². The van der Waals surface area contributed by atoms with E-state index in [-0.39, 0.29) is 0 Å². The Hall–Kier alpha value is 0.01000. The van der Waals surface area contributed by atoms with E-state index >= 15 is 0 Å². The molecule has 0 spiro atoms. The molecule has 0 aliphatic carbocycles. The van der Waals surface area contributed by atoms with Crippen molar-refractivity contribution in [1.82, 2.24) is 0 Å². The number of nitriles is 1. The van der Waals surface area contributed by atoms with Gasteiger partial charge < -0.3 is 0 Å². The molecule has 3 heteroatoms. The molecule has 0 N–H and O–H groups in total. The van der Waals surface area contributed by atoms with Gasteiger partial charge in [-0.3, -0.25) is 0 Å². The lowest BCUT2D eigenvalue weighted by molar-refractivity contribution is 1.55. The zero-order valence-corrected chi connectivity index (χ0v) is 5.11. The Labute approximate surface area is 44.6 Å². The Balaban J connectivity index is 3.33. The Kier molecular flexibility index (Phi) is 3.21. The minimum atomic E-state index is 0.444. The molecule has 1 atom stereocenters. The lowest BCUT2D eigenvalue weighted by Gasteiger charge is -1.73. The van der Waals surface area contributed by atoms with E-state index in [2.05, 4.69) is 21.5 Å². The largest absolute Gasteiger partial charge is 0.192 e. The van der Waals surface area contributed by atoms with E-state index in [0.717, 1.165) is 0 Å². The van der Waals surface area contributed by atoms with E-state index < -0.39 is 0 Å². The van der Waals surface area contributed by atoms with Gasteiger partial charge in [-0.1, -0.05) is 12.2 Å². The summed E-state index contributed by atoms with van der Waals surface area (Å²) in [5.74, 6) is 0. The quantitative estimate of drug-likeness (QED) is 0.374. The highest BCUT2D eigenvalue weighted by Gasteiger charge is 1.80. The monoisotopic (exact) mass is 117 g/mol. The summed E-state index contributed by atoms with van der Waals surface area (Å²) in [5.41, 5.74) is 0. The van der Waals surface area contributed by atoms with Crippen LogP contribution in [0.1, 0.15) is 0 Å². The zero-order valence-electron chi connectivity index (χ0n) is 3.14. The van der Waals surface area contributed by atoms with Crippen LogP contribution in [0.4, 0.5) is 0 Å². The van der Waals surface area contributed by atoms with Crippen LogP contribution >= 0.6 is 21.5 Å². The predicted octanol–water partition coefficient (Wildman–Crippen LogP) is 0.755. The Morgan fingerprint density at radius 1 is 2.00 bits per heavy atom. The second-order valence-electron chi connectivity index (χ2n) is 0.739. The Morgan fingerprint density at radius 3 is 2.50 bits per heavy atom. The highest BCUT2D eigenvalue weighted by Crippen LogP contribution is 1.81. The topological polar surface area (TPSA) is 23.8 Å². The van der Waals surface area contributed by atoms with Gasteiger partial charge in [-0.25, -0.2) is 0 Å². The Bertz CT molecular complexity index is 93.5. The summed E-state index contributed by atoms with van der Waals surface area (Å²) in [6.45, 7) is 0. The molecule has 0 aliphatic rings. The van der Waals surface area contributed by atoms with E-state index in [9.17, 15) is 0 Å². The van der Waals surface area contributed by atoms with Crippen molar-refractivity contribution in [1.29, 1.82) is 5.26 Å². The van der Waals surface area contributed by atoms with Crippen molar-refractivity contribution in [2.45, 2.75) is 0 Å². The van der Waals surface area contributed by atoms with Crippen molar-refractivity contribution in [3.05, 3.63) is 0 Å². The first-order valence-electron chi connectivity index (χ1n) is 1.44. The minimum absolute atomic E-state index is 0.444. The second-order valence-corrected chi connectivity index (χ2v) is 1.64. The van der Waals surface area contributed by atoms with Crippen LogP contribution in [-0.2, 0) is 0 Å². The van der Waals surface area contributed by atoms with Gasteiger partial charge in [0.15, 0.2) is 0 Å². The molecule has 0 aromatic rings. The van der Waals surface area contributed by atoms with Gasteiger partial charge in [0.05, 0.1) is 4.86 Å². The van der Waals surface area contributed by atoms with Crippen LogP contribution < -0.4 is 0 Å². The van der Waals surface area contributed by atoms with E-state index in [4.69, 9.17) is 5.26 Å². The molecule has 0 aliphatic heterocycles. The van der Waals surface area contributed by atoms with Gasteiger partial charge in [0.25, 0.3) is 0 Å². The van der Waals surface area contributed by atoms with Crippen LogP contribution in [0, 0.1) is 11.3 Å². The summed E-state index contributed by atoms with van der Waals surface area (Å²) in [6.07, 6.45) is 0.617. The van der Waals surface area contributed by atoms with Gasteiger partial charge in [-0.2, -0.15) is 5.26 Å². The predicted molar refractivity (Wildman–Crippen MR) is 32.8 cm³/mol. The molecule has 1 nitrogen and oxygen atoms in total. The summed E-state index contributed by atoms with van der Waals surface area (Å²) in [7, 11) is 2.38. The molecule has 0 radical (unpaired) electrons. The minimum Gasteiger partial charge on any atom is -0.192 e. The van der Waals surface area contributed by atoms with Crippen LogP contribution in [0.3, 0.4) is 0 Å². The maximum absolute atomic E-state index is 7.93. The van der Waals surface area contributed by atoms with Gasteiger partial charge in [0.2, 0.25) is 0 Å². The number of hydrogen-bond acceptors (Lipinski definition) is 2. The lowest BCUT2D eigenvalue weighted by Crippen LogP contribution is -1.85. The third-order valence-electron chi connectivity index (χ3n) is 0.310. The molecule has 0 fully saturated rings. The number of nitrogens with zero attached hydrogens (tertiary/aromatic N) is 1. The molecule has 0 aromatic carbocycles. The van der Waals surface area contributed by atoms with Gasteiger partial charge in [-0.15, -0.1) is 9.24 Å². The highest BCUT2D eigenvalue weighted by molar-refractivity contribution is 7.81. The van der Waals surface area contributed by atoms with Crippen LogP contribution in [0.25, 0.3) is 0 Å². The first-order valence-corrected chi connectivity index (χ1v) is 2.66. The molecule has 32 valence electrons. The third kappa shape index (κ3) is 2.26. The van der Waals surface area contributed by atoms with Gasteiger partial charge in [0.1, 0.15) is 6.07 Å². The summed E-state index contributed by atoms with van der Waals surface area (Å²) in [5, 5.41) is 7.93. The summed E-state index contributed by atoms with van der Waals surface area (Å²) in [4.78, 5) is 0.444. The van der Waals surface area contributed by atoms with Crippen molar-refractivity contribution in [2.24, 2.45) is 0 Å². The summed E-state index contributed by atoms with van der Waals surface area (Å²) in [6, 6.07) is 1.83. The number of rotatable bonds is 1. The molecule has 6 heavy (non-hydrogen) atoms. The van der Waals surface area contributed by atoms with Crippen LogP contribution in [-0.4, -0.2) is 11.0 Å². The molecule has 0 saturated heterocycles. The first-order chi connectivity index (χ1) is 2.81. The van der Waals surface area contributed by atoms with E-state index in [1.807, 2.05) is 6.07 Å². The van der Waals surface area contributed by atoms with Gasteiger partial charge >= 0.3 is 0 Å². The molecule has 0 aromatic heterocycles. The van der Waals surface area contributed by atoms with Crippen molar-refractivity contribution in [2.75, 3.05) is 6.16 Å². The summed E-state index contributed by atoms with van der Waals surface area (Å²) >= 11 is 4.47. The second kappa shape index (κ2) is 3.21. The van der Waals surface area contributed by atoms with Crippen LogP contribution in [0.2, 0.25) is 0 Å². The molecule has 1 unspecified atom stereocenters. The van der Waals surface area contributed by atoms with Crippen molar-refractivity contribution in [3.8, 4) is 6.07 Å². The molecule has 0 heterocycles. The van der Waals surface area contributed by atoms with Gasteiger partial charge in [0, 0.05) is 6.16 Å². The van der Waals surface area contributed by atoms with Crippen molar-refractivity contribution >= 4 is 26.3 Å². The summed E-state index contributed by atoms with van der Waals surface area (Å²) < 4.78 is 0. The number of hydrogen-bond donors (Lipinski definition) is 0. The SMILES string of the molecule is N#CC(=S)CP. The standard InChI is InChI=1S/C3H4NPS/c4-1-3(6)2-5/h2,5H2. The third-order valence-corrected chi connectivity index (χ3v) is 1.27. The maximum atomic E-state index is 7.93. The molecule has 0 bridgehead atoms. The first kappa shape index (κ1) is 6.01. The Morgan fingerprint density at radius 2 is 2.50 bits per heavy atom. The fraction of sp³-hybridized carbons (Fsp3) is 0.333. The highest BCUT2D eigenvalue weighted by atomic mass is 32.1. The zero-order chi connectivity index (χ0) is 4.99. The van der Waals surface area contributed by atoms with Crippen LogP contribution in [0.5, 0.6) is 0 Å². The fourth-order valence-corrected chi connectivity index (χ4v) is 0.137. The smallest absolute Gasteiger partial charge is 0.107 e. The van der Waals surface area contributed by atoms with Crippen molar-refractivity contribution < 1.29 is 0 Å². The van der Waals surface area contributed by atoms with E-state index in [0.29, 0.717) is 11.0 Å². The molecular weight excluding hydrogens is 113 g/mol. The normalized spacial score (nSPS) is 6.67. The van der Waals surface area contributed by atoms with E-state index in [1.54, 1.807) is 0 Å². The van der Waals surface area contributed by atoms with E-state index in [1.165, 1.54) is 0 Å². The van der Waals surface area contributed by atoms with Gasteiger partial charge in [-0.05, 0) is 0 Å². The van der Waals surface area contributed by atoms with Crippen molar-refractivity contribution in [3.63, 3.8) is 0 Å². The lowest BCUT2D eigenvalue weighted by atomic mass is 10.5.